The Morgan fingerprint density at radius 2 is 1.86 bits per heavy atom. The van der Waals surface area contributed by atoms with Gasteiger partial charge in [-0.3, -0.25) is 0 Å². The van der Waals surface area contributed by atoms with Gasteiger partial charge in [0.25, 0.3) is 0 Å². The highest BCUT2D eigenvalue weighted by atomic mass is 79.9. The number of carbonyl (C=O) groups excluding carboxylic acids is 1. The Balaban J connectivity index is 2.11. The van der Waals surface area contributed by atoms with Crippen molar-refractivity contribution in [3.8, 4) is 11.5 Å². The summed E-state index contributed by atoms with van der Waals surface area (Å²) in [6.07, 6.45) is 0. The summed E-state index contributed by atoms with van der Waals surface area (Å²) in [4.78, 5) is 13.6. The van der Waals surface area contributed by atoms with Gasteiger partial charge in [-0.15, -0.1) is 11.3 Å². The van der Waals surface area contributed by atoms with Gasteiger partial charge in [0, 0.05) is 14.9 Å². The fourth-order valence-corrected chi connectivity index (χ4v) is 2.96. The van der Waals surface area contributed by atoms with Crippen molar-refractivity contribution in [2.45, 2.75) is 13.5 Å². The van der Waals surface area contributed by atoms with Crippen molar-refractivity contribution >= 4 is 33.2 Å². The highest BCUT2D eigenvalue weighted by molar-refractivity contribution is 9.10. The lowest BCUT2D eigenvalue weighted by Gasteiger charge is -2.12. The maximum absolute atomic E-state index is 11.9. The van der Waals surface area contributed by atoms with Crippen molar-refractivity contribution in [3.63, 3.8) is 0 Å². The van der Waals surface area contributed by atoms with E-state index in [1.165, 1.54) is 11.3 Å². The van der Waals surface area contributed by atoms with Crippen LogP contribution in [0, 0.1) is 6.92 Å². The second kappa shape index (κ2) is 6.95. The van der Waals surface area contributed by atoms with Crippen molar-refractivity contribution in [2.75, 3.05) is 14.2 Å². The summed E-state index contributed by atoms with van der Waals surface area (Å²) in [5.41, 5.74) is 0.814. The van der Waals surface area contributed by atoms with Crippen molar-refractivity contribution in [2.24, 2.45) is 0 Å². The molecule has 0 spiro atoms. The molecular formula is C15H15BrO4S. The lowest BCUT2D eigenvalue weighted by atomic mass is 10.2. The molecule has 4 nitrogen and oxygen atoms in total. The zero-order valence-corrected chi connectivity index (χ0v) is 14.3. The van der Waals surface area contributed by atoms with Crippen LogP contribution in [0.4, 0.5) is 0 Å². The molecule has 1 heterocycles. The molecule has 6 heteroatoms. The molecule has 21 heavy (non-hydrogen) atoms. The zero-order valence-electron chi connectivity index (χ0n) is 11.9. The number of esters is 1. The molecule has 0 aliphatic carbocycles. The number of halogens is 1. The first-order valence-electron chi connectivity index (χ1n) is 6.19. The van der Waals surface area contributed by atoms with Crippen molar-refractivity contribution in [1.82, 2.24) is 0 Å². The Morgan fingerprint density at radius 3 is 2.43 bits per heavy atom. The molecule has 1 aromatic carbocycles. The lowest BCUT2D eigenvalue weighted by Crippen LogP contribution is -2.04. The molecular weight excluding hydrogens is 356 g/mol. The highest BCUT2D eigenvalue weighted by Crippen LogP contribution is 2.33. The van der Waals surface area contributed by atoms with E-state index in [1.807, 2.05) is 13.0 Å². The van der Waals surface area contributed by atoms with E-state index in [-0.39, 0.29) is 12.6 Å². The molecule has 0 radical (unpaired) electrons. The molecule has 2 rings (SSSR count). The summed E-state index contributed by atoms with van der Waals surface area (Å²) in [7, 11) is 3.14. The van der Waals surface area contributed by atoms with E-state index >= 15 is 0 Å². The summed E-state index contributed by atoms with van der Waals surface area (Å²) in [6.45, 7) is 2.11. The van der Waals surface area contributed by atoms with Gasteiger partial charge in [0.15, 0.2) is 11.5 Å². The van der Waals surface area contributed by atoms with Gasteiger partial charge in [0.2, 0.25) is 0 Å². The Hall–Kier alpha value is -1.53. The SMILES string of the molecule is COc1cc(Br)c(COC(=O)c2ccc(C)s2)cc1OC. The molecule has 0 saturated heterocycles. The molecule has 2 aromatic rings. The summed E-state index contributed by atoms with van der Waals surface area (Å²) in [5.74, 6) is 0.891. The molecule has 0 aliphatic rings. The molecule has 0 bridgehead atoms. The summed E-state index contributed by atoms with van der Waals surface area (Å²) in [5, 5.41) is 0. The molecule has 0 amide bonds. The van der Waals surface area contributed by atoms with E-state index in [2.05, 4.69) is 15.9 Å². The number of benzene rings is 1. The van der Waals surface area contributed by atoms with E-state index in [9.17, 15) is 4.79 Å². The van der Waals surface area contributed by atoms with Gasteiger partial charge in [-0.2, -0.15) is 0 Å². The largest absolute Gasteiger partial charge is 0.493 e. The van der Waals surface area contributed by atoms with Crippen LogP contribution < -0.4 is 9.47 Å². The quantitative estimate of drug-likeness (QED) is 0.740. The fraction of sp³-hybridized carbons (Fsp3) is 0.267. The molecule has 1 aromatic heterocycles. The number of aryl methyl sites for hydroxylation is 1. The molecule has 0 aliphatic heterocycles. The third-order valence-corrected chi connectivity index (χ3v) is 4.57. The standard InChI is InChI=1S/C15H15BrO4S/c1-9-4-5-14(21-9)15(17)20-8-10-6-12(18-2)13(19-3)7-11(10)16/h4-7H,8H2,1-3H3. The van der Waals surface area contributed by atoms with Gasteiger partial charge < -0.3 is 14.2 Å². The summed E-state index contributed by atoms with van der Waals surface area (Å²) in [6, 6.07) is 7.24. The number of hydrogen-bond donors (Lipinski definition) is 0. The molecule has 0 saturated carbocycles. The summed E-state index contributed by atoms with van der Waals surface area (Å²) >= 11 is 4.86. The average Bonchev–Trinajstić information content (AvgIpc) is 2.91. The maximum Gasteiger partial charge on any atom is 0.348 e. The summed E-state index contributed by atoms with van der Waals surface area (Å²) < 4.78 is 16.6. The van der Waals surface area contributed by atoms with E-state index in [0.717, 1.165) is 14.9 Å². The fourth-order valence-electron chi connectivity index (χ4n) is 1.77. The third kappa shape index (κ3) is 3.77. The second-order valence-electron chi connectivity index (χ2n) is 4.29. The topological polar surface area (TPSA) is 44.8 Å². The Kier molecular flexibility index (Phi) is 5.25. The zero-order chi connectivity index (χ0) is 15.4. The predicted molar refractivity (Wildman–Crippen MR) is 85.4 cm³/mol. The number of ether oxygens (including phenoxy) is 3. The minimum Gasteiger partial charge on any atom is -0.493 e. The van der Waals surface area contributed by atoms with Crippen LogP contribution in [0.25, 0.3) is 0 Å². The second-order valence-corrected chi connectivity index (χ2v) is 6.43. The Bertz CT molecular complexity index is 651. The molecule has 0 atom stereocenters. The normalized spacial score (nSPS) is 10.3. The van der Waals surface area contributed by atoms with Crippen LogP contribution in [0.1, 0.15) is 20.1 Å². The van der Waals surface area contributed by atoms with E-state index < -0.39 is 0 Å². The van der Waals surface area contributed by atoms with Gasteiger partial charge in [0.1, 0.15) is 11.5 Å². The number of hydrogen-bond acceptors (Lipinski definition) is 5. The maximum atomic E-state index is 11.9. The first-order valence-corrected chi connectivity index (χ1v) is 7.80. The molecule has 112 valence electrons. The van der Waals surface area contributed by atoms with Crippen LogP contribution >= 0.6 is 27.3 Å². The van der Waals surface area contributed by atoms with Crippen LogP contribution in [0.3, 0.4) is 0 Å². The molecule has 0 unspecified atom stereocenters. The van der Waals surface area contributed by atoms with Crippen molar-refractivity contribution in [1.29, 1.82) is 0 Å². The number of methoxy groups -OCH3 is 2. The van der Waals surface area contributed by atoms with E-state index in [4.69, 9.17) is 14.2 Å². The van der Waals surface area contributed by atoms with E-state index in [1.54, 1.807) is 32.4 Å². The average molecular weight is 371 g/mol. The van der Waals surface area contributed by atoms with Gasteiger partial charge in [-0.1, -0.05) is 15.9 Å². The van der Waals surface area contributed by atoms with Gasteiger partial charge >= 0.3 is 5.97 Å². The predicted octanol–water partition coefficient (Wildman–Crippen LogP) is 4.19. The van der Waals surface area contributed by atoms with Gasteiger partial charge in [0.05, 0.1) is 14.2 Å². The lowest BCUT2D eigenvalue weighted by molar-refractivity contribution is 0.0477. The Labute approximate surface area is 135 Å². The first kappa shape index (κ1) is 15.9. The molecule has 0 fully saturated rings. The smallest absolute Gasteiger partial charge is 0.348 e. The van der Waals surface area contributed by atoms with Crippen molar-refractivity contribution in [3.05, 3.63) is 44.1 Å². The van der Waals surface area contributed by atoms with Gasteiger partial charge in [-0.05, 0) is 31.2 Å². The number of rotatable bonds is 5. The van der Waals surface area contributed by atoms with Crippen molar-refractivity contribution < 1.29 is 19.0 Å². The highest BCUT2D eigenvalue weighted by Gasteiger charge is 2.13. The molecule has 0 N–H and O–H groups in total. The Morgan fingerprint density at radius 1 is 1.19 bits per heavy atom. The minimum absolute atomic E-state index is 0.163. The van der Waals surface area contributed by atoms with Crippen LogP contribution in [0.5, 0.6) is 11.5 Å². The van der Waals surface area contributed by atoms with Crippen LogP contribution in [-0.2, 0) is 11.3 Å². The van der Waals surface area contributed by atoms with E-state index in [0.29, 0.717) is 16.4 Å². The van der Waals surface area contributed by atoms with Crippen LogP contribution in [-0.4, -0.2) is 20.2 Å². The third-order valence-electron chi connectivity index (χ3n) is 2.85. The van der Waals surface area contributed by atoms with Crippen LogP contribution in [0.2, 0.25) is 0 Å². The minimum atomic E-state index is -0.324. The van der Waals surface area contributed by atoms with Gasteiger partial charge in [-0.25, -0.2) is 4.79 Å². The number of thiophene rings is 1. The van der Waals surface area contributed by atoms with Crippen LogP contribution in [0.15, 0.2) is 28.7 Å². The number of carbonyl (C=O) groups is 1. The first-order chi connectivity index (χ1) is 10.0. The monoisotopic (exact) mass is 370 g/mol.